The molecule has 2 amide bonds. The highest BCUT2D eigenvalue weighted by Crippen LogP contribution is 2.35. The zero-order valence-electron chi connectivity index (χ0n) is 14.2. The number of hydrogen-bond acceptors (Lipinski definition) is 6. The third-order valence-corrected chi connectivity index (χ3v) is 3.76. The van der Waals surface area contributed by atoms with Crippen molar-refractivity contribution >= 4 is 17.5 Å². The molecule has 0 radical (unpaired) electrons. The van der Waals surface area contributed by atoms with E-state index in [2.05, 4.69) is 15.5 Å². The summed E-state index contributed by atoms with van der Waals surface area (Å²) in [5.41, 5.74) is 1.38. The minimum absolute atomic E-state index is 0.00731. The Bertz CT molecular complexity index is 787. The Balaban J connectivity index is 1.84. The molecule has 0 bridgehead atoms. The number of anilines is 1. The largest absolute Gasteiger partial charge is 0.482 e. The lowest BCUT2D eigenvalue weighted by Crippen LogP contribution is -2.39. The fourth-order valence-corrected chi connectivity index (χ4v) is 2.56. The predicted molar refractivity (Wildman–Crippen MR) is 90.5 cm³/mol. The van der Waals surface area contributed by atoms with Crippen molar-refractivity contribution in [1.82, 2.24) is 15.5 Å². The summed E-state index contributed by atoms with van der Waals surface area (Å²) in [6, 6.07) is 5.33. The third-order valence-electron chi connectivity index (χ3n) is 3.76. The molecule has 0 spiro atoms. The van der Waals surface area contributed by atoms with E-state index in [0.717, 1.165) is 18.5 Å². The summed E-state index contributed by atoms with van der Waals surface area (Å²) in [4.78, 5) is 29.7. The van der Waals surface area contributed by atoms with Crippen molar-refractivity contribution in [3.8, 4) is 17.1 Å². The zero-order valence-corrected chi connectivity index (χ0v) is 14.2. The number of amides is 2. The van der Waals surface area contributed by atoms with Crippen molar-refractivity contribution in [2.24, 2.45) is 0 Å². The molecule has 1 aromatic carbocycles. The number of carbonyl (C=O) groups excluding carboxylic acids is 2. The van der Waals surface area contributed by atoms with E-state index >= 15 is 0 Å². The predicted octanol–water partition coefficient (Wildman–Crippen LogP) is 2.01. The van der Waals surface area contributed by atoms with Crippen molar-refractivity contribution in [3.63, 3.8) is 0 Å². The van der Waals surface area contributed by atoms with Gasteiger partial charge < -0.3 is 19.5 Å². The number of carbonyl (C=O) groups is 2. The van der Waals surface area contributed by atoms with E-state index in [4.69, 9.17) is 9.26 Å². The number of nitrogens with one attached hydrogen (secondary N) is 1. The van der Waals surface area contributed by atoms with Crippen LogP contribution in [0.15, 0.2) is 22.7 Å². The number of nitrogens with zero attached hydrogens (tertiary/aromatic N) is 3. The van der Waals surface area contributed by atoms with Crippen LogP contribution in [-0.2, 0) is 4.79 Å². The summed E-state index contributed by atoms with van der Waals surface area (Å²) in [6.45, 7) is 5.16. The van der Waals surface area contributed by atoms with E-state index in [1.54, 1.807) is 23.1 Å². The third kappa shape index (κ3) is 3.47. The summed E-state index contributed by atoms with van der Waals surface area (Å²) >= 11 is 0. The normalized spacial score (nSPS) is 13.4. The van der Waals surface area contributed by atoms with Crippen LogP contribution in [0.3, 0.4) is 0 Å². The first-order chi connectivity index (χ1) is 12.1. The molecule has 1 aromatic heterocycles. The molecule has 2 aromatic rings. The van der Waals surface area contributed by atoms with Gasteiger partial charge in [0.2, 0.25) is 5.82 Å². The van der Waals surface area contributed by atoms with Crippen LogP contribution in [-0.4, -0.2) is 41.7 Å². The summed E-state index contributed by atoms with van der Waals surface area (Å²) in [7, 11) is 0. The lowest BCUT2D eigenvalue weighted by atomic mass is 10.1. The second-order valence-corrected chi connectivity index (χ2v) is 5.70. The highest BCUT2D eigenvalue weighted by atomic mass is 16.5. The molecular formula is C17H20N4O4. The average Bonchev–Trinajstić information content (AvgIpc) is 3.12. The van der Waals surface area contributed by atoms with Gasteiger partial charge in [0.05, 0.1) is 5.69 Å². The maximum Gasteiger partial charge on any atom is 0.316 e. The molecule has 8 nitrogen and oxygen atoms in total. The topological polar surface area (TPSA) is 97.6 Å². The van der Waals surface area contributed by atoms with E-state index in [1.807, 2.05) is 13.8 Å². The Kier molecular flexibility index (Phi) is 4.97. The van der Waals surface area contributed by atoms with Crippen molar-refractivity contribution in [2.75, 3.05) is 24.6 Å². The molecule has 0 saturated heterocycles. The summed E-state index contributed by atoms with van der Waals surface area (Å²) in [5, 5.41) is 6.54. The molecule has 0 fully saturated rings. The van der Waals surface area contributed by atoms with Crippen molar-refractivity contribution < 1.29 is 18.8 Å². The van der Waals surface area contributed by atoms with Gasteiger partial charge in [-0.15, -0.1) is 0 Å². The number of rotatable bonds is 6. The minimum atomic E-state index is -0.394. The van der Waals surface area contributed by atoms with Gasteiger partial charge in [0.1, 0.15) is 5.75 Å². The molecular weight excluding hydrogens is 324 g/mol. The lowest BCUT2D eigenvalue weighted by Gasteiger charge is -2.29. The Hall–Kier alpha value is -2.90. The second kappa shape index (κ2) is 7.33. The molecule has 2 heterocycles. The van der Waals surface area contributed by atoms with Crippen LogP contribution in [0.4, 0.5) is 5.69 Å². The lowest BCUT2D eigenvalue weighted by molar-refractivity contribution is -0.121. The van der Waals surface area contributed by atoms with Crippen LogP contribution in [0.2, 0.25) is 0 Å². The highest BCUT2D eigenvalue weighted by Gasteiger charge is 2.26. The van der Waals surface area contributed by atoms with Gasteiger partial charge in [-0.2, -0.15) is 4.98 Å². The van der Waals surface area contributed by atoms with E-state index in [0.29, 0.717) is 30.2 Å². The van der Waals surface area contributed by atoms with Gasteiger partial charge in [-0.25, -0.2) is 0 Å². The molecule has 0 saturated carbocycles. The second-order valence-electron chi connectivity index (χ2n) is 5.70. The van der Waals surface area contributed by atoms with E-state index in [-0.39, 0.29) is 18.4 Å². The Morgan fingerprint density at radius 1 is 1.32 bits per heavy atom. The number of benzene rings is 1. The van der Waals surface area contributed by atoms with Crippen LogP contribution in [0.1, 0.15) is 37.4 Å². The molecule has 1 aliphatic rings. The number of aromatic nitrogens is 2. The SMILES string of the molecule is CCCNC(=O)c1nc(-c2ccc3c(c2)OCC(=O)N3CCC)no1. The van der Waals surface area contributed by atoms with E-state index < -0.39 is 5.91 Å². The average molecular weight is 344 g/mol. The molecule has 0 unspecified atom stereocenters. The van der Waals surface area contributed by atoms with Gasteiger partial charge in [-0.1, -0.05) is 19.0 Å². The van der Waals surface area contributed by atoms with E-state index in [1.165, 1.54) is 0 Å². The van der Waals surface area contributed by atoms with Crippen LogP contribution in [0.5, 0.6) is 5.75 Å². The Morgan fingerprint density at radius 2 is 2.16 bits per heavy atom. The number of hydrogen-bond donors (Lipinski definition) is 1. The molecule has 132 valence electrons. The van der Waals surface area contributed by atoms with Crippen molar-refractivity contribution in [1.29, 1.82) is 0 Å². The van der Waals surface area contributed by atoms with Crippen molar-refractivity contribution in [2.45, 2.75) is 26.7 Å². The number of fused-ring (bicyclic) bond motifs is 1. The molecule has 25 heavy (non-hydrogen) atoms. The molecule has 1 aliphatic heterocycles. The van der Waals surface area contributed by atoms with Gasteiger partial charge in [0.15, 0.2) is 6.61 Å². The maximum absolute atomic E-state index is 12.0. The Labute approximate surface area is 145 Å². The van der Waals surface area contributed by atoms with E-state index in [9.17, 15) is 9.59 Å². The highest BCUT2D eigenvalue weighted by molar-refractivity contribution is 5.98. The first-order valence-electron chi connectivity index (χ1n) is 8.33. The van der Waals surface area contributed by atoms with Crippen LogP contribution < -0.4 is 15.0 Å². The van der Waals surface area contributed by atoms with Crippen LogP contribution >= 0.6 is 0 Å². The van der Waals surface area contributed by atoms with Crippen LogP contribution in [0.25, 0.3) is 11.4 Å². The first kappa shape index (κ1) is 16.9. The van der Waals surface area contributed by atoms with Gasteiger partial charge in [-0.05, 0) is 31.0 Å². The molecule has 0 aliphatic carbocycles. The summed E-state index contributed by atoms with van der Waals surface area (Å²) < 4.78 is 10.5. The summed E-state index contributed by atoms with van der Waals surface area (Å²) in [6.07, 6.45) is 1.68. The summed E-state index contributed by atoms with van der Waals surface area (Å²) in [5.74, 6) is 0.357. The van der Waals surface area contributed by atoms with Crippen molar-refractivity contribution in [3.05, 3.63) is 24.1 Å². The fraction of sp³-hybridized carbons (Fsp3) is 0.412. The Morgan fingerprint density at radius 3 is 2.92 bits per heavy atom. The smallest absolute Gasteiger partial charge is 0.316 e. The molecule has 1 N–H and O–H groups in total. The fourth-order valence-electron chi connectivity index (χ4n) is 2.56. The monoisotopic (exact) mass is 344 g/mol. The standard InChI is InChI=1S/C17H20N4O4/c1-3-7-18-16(23)17-19-15(20-25-17)11-5-6-12-13(9-11)24-10-14(22)21(12)8-4-2/h5-6,9H,3-4,7-8,10H2,1-2H3,(H,18,23). The van der Waals surface area contributed by atoms with Gasteiger partial charge in [0.25, 0.3) is 5.91 Å². The molecule has 0 atom stereocenters. The number of ether oxygens (including phenoxy) is 1. The molecule has 8 heteroatoms. The first-order valence-corrected chi connectivity index (χ1v) is 8.33. The van der Waals surface area contributed by atoms with Gasteiger partial charge in [0, 0.05) is 18.7 Å². The van der Waals surface area contributed by atoms with Gasteiger partial charge in [-0.3, -0.25) is 9.59 Å². The zero-order chi connectivity index (χ0) is 17.8. The minimum Gasteiger partial charge on any atom is -0.482 e. The molecule has 3 rings (SSSR count). The quantitative estimate of drug-likeness (QED) is 0.861. The van der Waals surface area contributed by atoms with Gasteiger partial charge >= 0.3 is 11.8 Å². The maximum atomic E-state index is 12.0. The van der Waals surface area contributed by atoms with Crippen LogP contribution in [0, 0.1) is 0 Å².